The molecule has 0 rings (SSSR count). The van der Waals surface area contributed by atoms with Crippen molar-refractivity contribution in [2.75, 3.05) is 20.3 Å². The summed E-state index contributed by atoms with van der Waals surface area (Å²) < 4.78 is 4.75. The van der Waals surface area contributed by atoms with Crippen LogP contribution in [0.4, 0.5) is 0 Å². The van der Waals surface area contributed by atoms with E-state index in [-0.39, 0.29) is 24.8 Å². The quantitative estimate of drug-likeness (QED) is 0.369. The molecule has 60 valence electrons. The van der Waals surface area contributed by atoms with Crippen LogP contribution < -0.4 is 11.3 Å². The standard InChI is InChI=1S/C4H12N2O.2ClH/c1-7-4-2-3-6-5;;/h6H,2-5H2,1H3;2*1H. The van der Waals surface area contributed by atoms with E-state index in [2.05, 4.69) is 5.43 Å². The molecule has 5 heteroatoms. The predicted octanol–water partition coefficient (Wildman–Crippen LogP) is 0.330. The number of nitrogens with two attached hydrogens (primary N) is 1. The van der Waals surface area contributed by atoms with Crippen LogP contribution in [0, 0.1) is 0 Å². The smallest absolute Gasteiger partial charge is 0.0474 e. The van der Waals surface area contributed by atoms with Gasteiger partial charge in [0.15, 0.2) is 0 Å². The number of rotatable bonds is 4. The maximum absolute atomic E-state index is 4.96. The van der Waals surface area contributed by atoms with Gasteiger partial charge in [-0.3, -0.25) is 11.3 Å². The second-order valence-corrected chi connectivity index (χ2v) is 1.30. The Labute approximate surface area is 68.1 Å². The molecule has 3 N–H and O–H groups in total. The summed E-state index contributed by atoms with van der Waals surface area (Å²) in [5.74, 6) is 4.96. The average Bonchev–Trinajstić information content (AvgIpc) is 1.69. The molecule has 0 atom stereocenters. The molecule has 0 aromatic carbocycles. The highest BCUT2D eigenvalue weighted by molar-refractivity contribution is 5.85. The van der Waals surface area contributed by atoms with Crippen LogP contribution in [0.25, 0.3) is 0 Å². The minimum absolute atomic E-state index is 0. The SMILES string of the molecule is COCCCNN.Cl.Cl. The molecule has 0 unspecified atom stereocenters. The van der Waals surface area contributed by atoms with Crippen LogP contribution in [0.3, 0.4) is 0 Å². The molecule has 0 radical (unpaired) electrons. The van der Waals surface area contributed by atoms with Crippen molar-refractivity contribution in [3.63, 3.8) is 0 Å². The number of hydrazine groups is 1. The third-order valence-electron chi connectivity index (χ3n) is 0.670. The topological polar surface area (TPSA) is 47.3 Å². The van der Waals surface area contributed by atoms with Gasteiger partial charge in [-0.15, -0.1) is 24.8 Å². The van der Waals surface area contributed by atoms with E-state index >= 15 is 0 Å². The first-order chi connectivity index (χ1) is 3.41. The minimum atomic E-state index is 0. The van der Waals surface area contributed by atoms with E-state index in [9.17, 15) is 0 Å². The van der Waals surface area contributed by atoms with Crippen LogP contribution in [0.15, 0.2) is 0 Å². The van der Waals surface area contributed by atoms with Crippen molar-refractivity contribution in [2.45, 2.75) is 6.42 Å². The summed E-state index contributed by atoms with van der Waals surface area (Å²) in [4.78, 5) is 0. The van der Waals surface area contributed by atoms with Gasteiger partial charge in [-0.1, -0.05) is 0 Å². The molecule has 0 spiro atoms. The first-order valence-corrected chi connectivity index (χ1v) is 2.34. The van der Waals surface area contributed by atoms with E-state index in [0.717, 1.165) is 19.6 Å². The maximum atomic E-state index is 4.96. The van der Waals surface area contributed by atoms with Crippen molar-refractivity contribution in [1.29, 1.82) is 0 Å². The Hall–Kier alpha value is 0.460. The van der Waals surface area contributed by atoms with Crippen LogP contribution in [0.5, 0.6) is 0 Å². The number of hydrogen-bond acceptors (Lipinski definition) is 3. The molecule has 0 heterocycles. The Balaban J connectivity index is -0.000000180. The van der Waals surface area contributed by atoms with E-state index in [1.807, 2.05) is 0 Å². The molecular weight excluding hydrogens is 163 g/mol. The zero-order valence-corrected chi connectivity index (χ0v) is 7.06. The maximum Gasteiger partial charge on any atom is 0.0474 e. The van der Waals surface area contributed by atoms with Crippen molar-refractivity contribution in [3.8, 4) is 0 Å². The van der Waals surface area contributed by atoms with Crippen LogP contribution >= 0.6 is 24.8 Å². The predicted molar refractivity (Wildman–Crippen MR) is 43.2 cm³/mol. The van der Waals surface area contributed by atoms with Gasteiger partial charge in [-0.2, -0.15) is 0 Å². The summed E-state index contributed by atoms with van der Waals surface area (Å²) in [5, 5.41) is 0. The molecule has 0 saturated carbocycles. The highest BCUT2D eigenvalue weighted by Crippen LogP contribution is 1.72. The summed E-state index contributed by atoms with van der Waals surface area (Å²) in [6, 6.07) is 0. The van der Waals surface area contributed by atoms with Gasteiger partial charge in [0, 0.05) is 20.3 Å². The number of hydrogen-bond donors (Lipinski definition) is 2. The van der Waals surface area contributed by atoms with E-state index in [0.29, 0.717) is 0 Å². The number of ether oxygens (including phenoxy) is 1. The van der Waals surface area contributed by atoms with Gasteiger partial charge >= 0.3 is 0 Å². The molecule has 0 aromatic rings. The van der Waals surface area contributed by atoms with Gasteiger partial charge < -0.3 is 4.74 Å². The molecule has 0 aromatic heterocycles. The minimum Gasteiger partial charge on any atom is -0.385 e. The lowest BCUT2D eigenvalue weighted by atomic mass is 10.5. The second-order valence-electron chi connectivity index (χ2n) is 1.30. The lowest BCUT2D eigenvalue weighted by molar-refractivity contribution is 0.194. The fourth-order valence-electron chi connectivity index (χ4n) is 0.319. The Kier molecular flexibility index (Phi) is 28.5. The molecule has 0 aliphatic carbocycles. The van der Waals surface area contributed by atoms with Crippen molar-refractivity contribution in [1.82, 2.24) is 5.43 Å². The lowest BCUT2D eigenvalue weighted by Gasteiger charge is -1.94. The third kappa shape index (κ3) is 17.7. The van der Waals surface area contributed by atoms with Crippen LogP contribution in [-0.2, 0) is 4.74 Å². The summed E-state index contributed by atoms with van der Waals surface area (Å²) in [6.45, 7) is 1.61. The Bertz CT molecular complexity index is 35.7. The second kappa shape index (κ2) is 15.8. The molecule has 0 bridgehead atoms. The molecule has 3 nitrogen and oxygen atoms in total. The summed E-state index contributed by atoms with van der Waals surface area (Å²) in [7, 11) is 1.68. The van der Waals surface area contributed by atoms with Gasteiger partial charge in [-0.05, 0) is 6.42 Å². The van der Waals surface area contributed by atoms with Gasteiger partial charge in [0.05, 0.1) is 0 Å². The zero-order valence-electron chi connectivity index (χ0n) is 5.42. The Morgan fingerprint density at radius 1 is 1.44 bits per heavy atom. The Morgan fingerprint density at radius 2 is 2.00 bits per heavy atom. The Morgan fingerprint density at radius 3 is 2.33 bits per heavy atom. The fourth-order valence-corrected chi connectivity index (χ4v) is 0.319. The van der Waals surface area contributed by atoms with Crippen molar-refractivity contribution in [3.05, 3.63) is 0 Å². The van der Waals surface area contributed by atoms with Gasteiger partial charge in [-0.25, -0.2) is 0 Å². The van der Waals surface area contributed by atoms with Crippen LogP contribution in [0.2, 0.25) is 0 Å². The molecule has 0 amide bonds. The number of halogens is 2. The normalized spacial score (nSPS) is 7.33. The van der Waals surface area contributed by atoms with Gasteiger partial charge in [0.25, 0.3) is 0 Å². The molecule has 0 saturated heterocycles. The highest BCUT2D eigenvalue weighted by atomic mass is 35.5. The van der Waals surface area contributed by atoms with Crippen molar-refractivity contribution < 1.29 is 4.74 Å². The average molecular weight is 177 g/mol. The van der Waals surface area contributed by atoms with E-state index < -0.39 is 0 Å². The largest absolute Gasteiger partial charge is 0.385 e. The summed E-state index contributed by atoms with van der Waals surface area (Å²) in [6.07, 6.45) is 0.979. The monoisotopic (exact) mass is 176 g/mol. The molecule has 0 aliphatic heterocycles. The van der Waals surface area contributed by atoms with Gasteiger partial charge in [0.1, 0.15) is 0 Å². The molecule has 0 fully saturated rings. The molecule has 9 heavy (non-hydrogen) atoms. The highest BCUT2D eigenvalue weighted by Gasteiger charge is 1.78. The van der Waals surface area contributed by atoms with Crippen LogP contribution in [0.1, 0.15) is 6.42 Å². The number of nitrogens with one attached hydrogen (secondary N) is 1. The van der Waals surface area contributed by atoms with E-state index in [1.165, 1.54) is 0 Å². The molecular formula is C4H14Cl2N2O. The summed E-state index contributed by atoms with van der Waals surface area (Å²) in [5.41, 5.74) is 2.52. The third-order valence-corrected chi connectivity index (χ3v) is 0.670. The van der Waals surface area contributed by atoms with E-state index in [1.54, 1.807) is 7.11 Å². The zero-order chi connectivity index (χ0) is 5.54. The van der Waals surface area contributed by atoms with Crippen LogP contribution in [-0.4, -0.2) is 20.3 Å². The first kappa shape index (κ1) is 16.2. The van der Waals surface area contributed by atoms with Crippen molar-refractivity contribution >= 4 is 24.8 Å². The lowest BCUT2D eigenvalue weighted by Crippen LogP contribution is -2.23. The first-order valence-electron chi connectivity index (χ1n) is 2.34. The van der Waals surface area contributed by atoms with E-state index in [4.69, 9.17) is 10.6 Å². The number of methoxy groups -OCH3 is 1. The van der Waals surface area contributed by atoms with Gasteiger partial charge in [0.2, 0.25) is 0 Å². The summed E-state index contributed by atoms with van der Waals surface area (Å²) >= 11 is 0. The van der Waals surface area contributed by atoms with Crippen molar-refractivity contribution in [2.24, 2.45) is 5.84 Å². The molecule has 0 aliphatic rings. The fraction of sp³-hybridized carbons (Fsp3) is 1.00.